The second-order valence-electron chi connectivity index (χ2n) is 13.0. The summed E-state index contributed by atoms with van der Waals surface area (Å²) in [4.78, 5) is 22.7. The molecule has 0 fully saturated rings. The molecule has 1 amide bonds. The Labute approximate surface area is 347 Å². The van der Waals surface area contributed by atoms with Crippen molar-refractivity contribution >= 4 is 12.1 Å². The zero-order valence-corrected chi connectivity index (χ0v) is 34.3. The van der Waals surface area contributed by atoms with Gasteiger partial charge in [0.1, 0.15) is 6.61 Å². The number of benzene rings is 2. The fraction of sp³-hybridized carbons (Fsp3) is 0.667. The Morgan fingerprint density at radius 2 is 0.847 bits per heavy atom. The first-order valence-electron chi connectivity index (χ1n) is 20.4. The largest absolute Gasteiger partial charge is 0.481 e. The second-order valence-corrected chi connectivity index (χ2v) is 13.0. The molecule has 17 nitrogen and oxygen atoms in total. The molecule has 1 unspecified atom stereocenters. The fourth-order valence-corrected chi connectivity index (χ4v) is 5.65. The monoisotopic (exact) mass is 839 g/mol. The van der Waals surface area contributed by atoms with Crippen molar-refractivity contribution in [3.05, 3.63) is 59.7 Å². The van der Waals surface area contributed by atoms with E-state index >= 15 is 0 Å². The topological polar surface area (TPSA) is 197 Å². The number of alkyl carbamates (subject to hydrolysis) is 1. The Kier molecular flexibility index (Phi) is 29.2. The summed E-state index contributed by atoms with van der Waals surface area (Å²) in [5.74, 6) is -0.881. The zero-order valence-electron chi connectivity index (χ0n) is 34.3. The van der Waals surface area contributed by atoms with Crippen molar-refractivity contribution in [2.75, 3.05) is 159 Å². The van der Waals surface area contributed by atoms with Gasteiger partial charge in [-0.2, -0.15) is 0 Å². The molecule has 0 heterocycles. The van der Waals surface area contributed by atoms with Crippen LogP contribution in [0.3, 0.4) is 0 Å². The Morgan fingerprint density at radius 1 is 0.508 bits per heavy atom. The first kappa shape index (κ1) is 50.1. The van der Waals surface area contributed by atoms with Gasteiger partial charge in [0.05, 0.1) is 158 Å². The number of nitrogens with one attached hydrogen (secondary N) is 1. The van der Waals surface area contributed by atoms with Crippen molar-refractivity contribution in [3.8, 4) is 11.1 Å². The number of ether oxygens (including phenoxy) is 12. The van der Waals surface area contributed by atoms with Gasteiger partial charge in [0, 0.05) is 12.5 Å². The molecule has 0 saturated heterocycles. The molecule has 0 saturated carbocycles. The van der Waals surface area contributed by atoms with Crippen LogP contribution in [-0.2, 0) is 61.6 Å². The highest BCUT2D eigenvalue weighted by Crippen LogP contribution is 2.44. The first-order chi connectivity index (χ1) is 29.1. The van der Waals surface area contributed by atoms with Gasteiger partial charge in [-0.3, -0.25) is 4.79 Å². The highest BCUT2D eigenvalue weighted by Gasteiger charge is 2.29. The van der Waals surface area contributed by atoms with Crippen LogP contribution in [0.1, 0.15) is 29.9 Å². The van der Waals surface area contributed by atoms with E-state index in [0.717, 1.165) is 11.1 Å². The molecule has 1 atom stereocenters. The van der Waals surface area contributed by atoms with Gasteiger partial charge in [-0.15, -0.1) is 0 Å². The third-order valence-corrected chi connectivity index (χ3v) is 8.58. The number of aliphatic hydroxyl groups is 1. The SMILES string of the molecule is O=C(O)CCOCCOCCOCCOCCOCCOCCOCCOCCOCCOCCOCC(O)CCNC(=O)OCC1c2ccccc2-c2ccccc21. The maximum atomic E-state index is 12.3. The molecule has 17 heteroatoms. The van der Waals surface area contributed by atoms with Crippen LogP contribution in [0.25, 0.3) is 11.1 Å². The molecule has 0 bridgehead atoms. The maximum absolute atomic E-state index is 12.3. The number of rotatable bonds is 40. The van der Waals surface area contributed by atoms with Gasteiger partial charge < -0.3 is 72.4 Å². The van der Waals surface area contributed by atoms with Gasteiger partial charge in [-0.25, -0.2) is 4.79 Å². The van der Waals surface area contributed by atoms with Gasteiger partial charge in [0.25, 0.3) is 0 Å². The van der Waals surface area contributed by atoms with Crippen LogP contribution in [0.4, 0.5) is 4.79 Å². The van der Waals surface area contributed by atoms with E-state index in [9.17, 15) is 14.7 Å². The molecule has 3 rings (SSSR count). The first-order valence-corrected chi connectivity index (χ1v) is 20.4. The minimum Gasteiger partial charge on any atom is -0.481 e. The summed E-state index contributed by atoms with van der Waals surface area (Å²) in [6.45, 7) is 9.62. The number of aliphatic carboxylic acids is 1. The average molecular weight is 840 g/mol. The smallest absolute Gasteiger partial charge is 0.407 e. The van der Waals surface area contributed by atoms with E-state index in [1.54, 1.807) is 0 Å². The molecular formula is C42H65NO16. The Hall–Kier alpha value is -3.30. The highest BCUT2D eigenvalue weighted by atomic mass is 16.6. The lowest BCUT2D eigenvalue weighted by Crippen LogP contribution is -2.30. The summed E-state index contributed by atoms with van der Waals surface area (Å²) >= 11 is 0. The third kappa shape index (κ3) is 24.5. The molecule has 0 aromatic heterocycles. The summed E-state index contributed by atoms with van der Waals surface area (Å²) < 4.78 is 65.2. The summed E-state index contributed by atoms with van der Waals surface area (Å²) in [5.41, 5.74) is 4.67. The molecule has 0 aliphatic heterocycles. The lowest BCUT2D eigenvalue weighted by molar-refractivity contribution is -0.138. The molecule has 59 heavy (non-hydrogen) atoms. The number of carbonyl (C=O) groups excluding carboxylic acids is 1. The number of hydrogen-bond acceptors (Lipinski definition) is 15. The number of aliphatic hydroxyl groups excluding tert-OH is 1. The van der Waals surface area contributed by atoms with Crippen LogP contribution in [0.5, 0.6) is 0 Å². The van der Waals surface area contributed by atoms with E-state index in [4.69, 9.17) is 61.9 Å². The van der Waals surface area contributed by atoms with Crippen LogP contribution in [0.15, 0.2) is 48.5 Å². The number of amides is 1. The second kappa shape index (κ2) is 34.4. The van der Waals surface area contributed by atoms with E-state index in [0.29, 0.717) is 139 Å². The third-order valence-electron chi connectivity index (χ3n) is 8.58. The lowest BCUT2D eigenvalue weighted by atomic mass is 9.98. The predicted octanol–water partition coefficient (Wildman–Crippen LogP) is 2.93. The standard InChI is InChI=1S/C42H65NO16/c44-35(9-11-43-42(47)59-34-40-38-7-3-1-5-36(38)37-6-2-4-8-39(37)40)33-58-32-31-57-30-29-56-28-27-55-26-25-54-24-23-53-22-21-52-20-19-51-18-17-50-16-15-49-14-13-48-12-10-41(45)46/h1-8,35,40,44H,9-34H2,(H,43,47)(H,45,46). The summed E-state index contributed by atoms with van der Waals surface area (Å²) in [6.07, 6.45) is -0.894. The van der Waals surface area contributed by atoms with Crippen molar-refractivity contribution in [2.24, 2.45) is 0 Å². The van der Waals surface area contributed by atoms with Gasteiger partial charge in [0.2, 0.25) is 0 Å². The zero-order chi connectivity index (χ0) is 41.9. The van der Waals surface area contributed by atoms with Crippen LogP contribution >= 0.6 is 0 Å². The molecular weight excluding hydrogens is 774 g/mol. The Balaban J connectivity index is 0.949. The maximum Gasteiger partial charge on any atom is 0.407 e. The molecule has 2 aromatic carbocycles. The number of fused-ring (bicyclic) bond motifs is 3. The molecule has 2 aromatic rings. The van der Waals surface area contributed by atoms with Crippen molar-refractivity contribution < 1.29 is 76.6 Å². The van der Waals surface area contributed by atoms with Crippen LogP contribution in [0, 0.1) is 0 Å². The average Bonchev–Trinajstić information content (AvgIpc) is 3.56. The van der Waals surface area contributed by atoms with Crippen molar-refractivity contribution in [1.29, 1.82) is 0 Å². The van der Waals surface area contributed by atoms with E-state index in [-0.39, 0.29) is 38.7 Å². The molecule has 1 aliphatic rings. The molecule has 3 N–H and O–H groups in total. The Morgan fingerprint density at radius 3 is 1.22 bits per heavy atom. The number of hydrogen-bond donors (Lipinski definition) is 3. The summed E-state index contributed by atoms with van der Waals surface area (Å²) in [6, 6.07) is 16.4. The quantitative estimate of drug-likeness (QED) is 0.0828. The predicted molar refractivity (Wildman–Crippen MR) is 215 cm³/mol. The van der Waals surface area contributed by atoms with Crippen molar-refractivity contribution in [2.45, 2.75) is 24.9 Å². The van der Waals surface area contributed by atoms with Crippen LogP contribution in [-0.4, -0.2) is 187 Å². The van der Waals surface area contributed by atoms with Crippen LogP contribution in [0.2, 0.25) is 0 Å². The highest BCUT2D eigenvalue weighted by molar-refractivity contribution is 5.79. The molecule has 334 valence electrons. The Bertz CT molecular complexity index is 1310. The van der Waals surface area contributed by atoms with Gasteiger partial charge >= 0.3 is 12.1 Å². The van der Waals surface area contributed by atoms with Crippen molar-refractivity contribution in [1.82, 2.24) is 5.32 Å². The minimum absolute atomic E-state index is 0.000548. The summed E-state index contributed by atoms with van der Waals surface area (Å²) in [7, 11) is 0. The van der Waals surface area contributed by atoms with Crippen molar-refractivity contribution in [3.63, 3.8) is 0 Å². The van der Waals surface area contributed by atoms with Gasteiger partial charge in [-0.1, -0.05) is 48.5 Å². The number of carboxylic acids is 1. The number of carboxylic acid groups (broad SMARTS) is 1. The normalized spacial score (nSPS) is 12.7. The van der Waals surface area contributed by atoms with Gasteiger partial charge in [0.15, 0.2) is 0 Å². The molecule has 0 spiro atoms. The fourth-order valence-electron chi connectivity index (χ4n) is 5.65. The van der Waals surface area contributed by atoms with E-state index in [2.05, 4.69) is 29.6 Å². The minimum atomic E-state index is -0.880. The van der Waals surface area contributed by atoms with Crippen LogP contribution < -0.4 is 5.32 Å². The van der Waals surface area contributed by atoms with E-state index in [1.807, 2.05) is 24.3 Å². The lowest BCUT2D eigenvalue weighted by Gasteiger charge is -2.15. The molecule has 0 radical (unpaired) electrons. The van der Waals surface area contributed by atoms with Gasteiger partial charge in [-0.05, 0) is 28.7 Å². The van der Waals surface area contributed by atoms with E-state index in [1.165, 1.54) is 11.1 Å². The number of carbonyl (C=O) groups is 2. The molecule has 1 aliphatic carbocycles. The van der Waals surface area contributed by atoms with E-state index < -0.39 is 18.2 Å². The summed E-state index contributed by atoms with van der Waals surface area (Å²) in [5, 5.41) is 21.4.